The fourth-order valence-electron chi connectivity index (χ4n) is 1.53. The maximum absolute atomic E-state index is 6.08. The summed E-state index contributed by atoms with van der Waals surface area (Å²) in [5, 5.41) is 8.18. The molecule has 0 aliphatic carbocycles. The van der Waals surface area contributed by atoms with E-state index < -0.39 is 0 Å². The first-order valence-electron chi connectivity index (χ1n) is 5.10. The minimum absolute atomic E-state index is 0.106. The Bertz CT molecular complexity index is 281. The molecule has 0 aromatic carbocycles. The van der Waals surface area contributed by atoms with Crippen LogP contribution in [0.4, 0.5) is 0 Å². The van der Waals surface area contributed by atoms with E-state index in [9.17, 15) is 0 Å². The van der Waals surface area contributed by atoms with Crippen molar-refractivity contribution < 1.29 is 4.74 Å². The third-order valence-corrected chi connectivity index (χ3v) is 2.53. The summed E-state index contributed by atoms with van der Waals surface area (Å²) in [4.78, 5) is 0. The Hall–Kier alpha value is -0.580. The van der Waals surface area contributed by atoms with Crippen LogP contribution >= 0.6 is 11.6 Å². The summed E-state index contributed by atoms with van der Waals surface area (Å²) >= 11 is 6.08. The van der Waals surface area contributed by atoms with Gasteiger partial charge in [0, 0.05) is 14.2 Å². The molecule has 0 aliphatic rings. The van der Waals surface area contributed by atoms with Crippen molar-refractivity contribution in [1.82, 2.24) is 15.1 Å². The summed E-state index contributed by atoms with van der Waals surface area (Å²) in [5.74, 6) is 0. The van der Waals surface area contributed by atoms with Gasteiger partial charge in [0.05, 0.1) is 29.6 Å². The first kappa shape index (κ1) is 12.5. The summed E-state index contributed by atoms with van der Waals surface area (Å²) in [6, 6.07) is 0.106. The largest absolute Gasteiger partial charge is 0.383 e. The summed E-state index contributed by atoms with van der Waals surface area (Å²) in [6.07, 6.45) is 2.74. The molecular formula is C10H18ClN3O. The van der Waals surface area contributed by atoms with Crippen molar-refractivity contribution in [3.05, 3.63) is 16.9 Å². The van der Waals surface area contributed by atoms with Crippen LogP contribution in [0.2, 0.25) is 5.02 Å². The fourth-order valence-corrected chi connectivity index (χ4v) is 1.83. The summed E-state index contributed by atoms with van der Waals surface area (Å²) in [5.41, 5.74) is 0.979. The van der Waals surface area contributed by atoms with Crippen LogP contribution in [0.1, 0.15) is 25.1 Å². The van der Waals surface area contributed by atoms with E-state index in [2.05, 4.69) is 17.3 Å². The zero-order valence-electron chi connectivity index (χ0n) is 9.46. The topological polar surface area (TPSA) is 39.1 Å². The van der Waals surface area contributed by atoms with E-state index in [1.165, 1.54) is 0 Å². The smallest absolute Gasteiger partial charge is 0.0834 e. The number of aromatic nitrogens is 2. The number of halogens is 1. The third-order valence-electron chi connectivity index (χ3n) is 2.24. The second-order valence-corrected chi connectivity index (χ2v) is 3.87. The summed E-state index contributed by atoms with van der Waals surface area (Å²) in [6.45, 7) is 3.66. The molecule has 0 amide bonds. The lowest BCUT2D eigenvalue weighted by atomic mass is 10.2. The molecular weight excluding hydrogens is 214 g/mol. The van der Waals surface area contributed by atoms with E-state index in [1.54, 1.807) is 18.0 Å². The highest BCUT2D eigenvalue weighted by atomic mass is 35.5. The molecule has 0 saturated heterocycles. The highest BCUT2D eigenvalue weighted by molar-refractivity contribution is 6.31. The lowest BCUT2D eigenvalue weighted by molar-refractivity contribution is 0.164. The van der Waals surface area contributed by atoms with Crippen LogP contribution in [0.5, 0.6) is 0 Å². The van der Waals surface area contributed by atoms with Crippen molar-refractivity contribution in [3.8, 4) is 0 Å². The van der Waals surface area contributed by atoms with E-state index in [-0.39, 0.29) is 6.04 Å². The molecule has 5 heteroatoms. The monoisotopic (exact) mass is 231 g/mol. The van der Waals surface area contributed by atoms with E-state index in [0.717, 1.165) is 18.7 Å². The number of methoxy groups -OCH3 is 1. The molecule has 0 spiro atoms. The number of rotatable bonds is 6. The molecule has 1 heterocycles. The Morgan fingerprint density at radius 3 is 2.87 bits per heavy atom. The van der Waals surface area contributed by atoms with Gasteiger partial charge in [-0.2, -0.15) is 5.10 Å². The zero-order chi connectivity index (χ0) is 11.3. The minimum atomic E-state index is 0.106. The summed E-state index contributed by atoms with van der Waals surface area (Å²) < 4.78 is 6.96. The normalized spacial score (nSPS) is 13.1. The molecule has 1 rings (SSSR count). The zero-order valence-corrected chi connectivity index (χ0v) is 10.2. The second kappa shape index (κ2) is 6.10. The van der Waals surface area contributed by atoms with E-state index in [1.807, 2.05) is 7.05 Å². The molecule has 0 aliphatic heterocycles. The molecule has 1 N–H and O–H groups in total. The predicted molar refractivity (Wildman–Crippen MR) is 61.1 cm³/mol. The van der Waals surface area contributed by atoms with Gasteiger partial charge < -0.3 is 10.1 Å². The van der Waals surface area contributed by atoms with Gasteiger partial charge in [-0.25, -0.2) is 0 Å². The Balaban J connectivity index is 2.78. The SMILES string of the molecule is CCCNC(COC)c1c(Cl)cnn1C. The molecule has 1 aromatic heterocycles. The predicted octanol–water partition coefficient (Wildman–Crippen LogP) is 1.76. The molecule has 1 unspecified atom stereocenters. The maximum Gasteiger partial charge on any atom is 0.0834 e. The molecule has 0 radical (unpaired) electrons. The van der Waals surface area contributed by atoms with Crippen LogP contribution in [0, 0.1) is 0 Å². The summed E-state index contributed by atoms with van der Waals surface area (Å²) in [7, 11) is 3.57. The van der Waals surface area contributed by atoms with E-state index >= 15 is 0 Å². The first-order chi connectivity index (χ1) is 7.20. The van der Waals surface area contributed by atoms with Crippen molar-refractivity contribution in [3.63, 3.8) is 0 Å². The fraction of sp³-hybridized carbons (Fsp3) is 0.700. The van der Waals surface area contributed by atoms with Crippen molar-refractivity contribution in [2.45, 2.75) is 19.4 Å². The molecule has 4 nitrogen and oxygen atoms in total. The van der Waals surface area contributed by atoms with Gasteiger partial charge in [-0.05, 0) is 13.0 Å². The van der Waals surface area contributed by atoms with Gasteiger partial charge in [-0.1, -0.05) is 18.5 Å². The molecule has 0 fully saturated rings. The Morgan fingerprint density at radius 1 is 1.67 bits per heavy atom. The molecule has 1 atom stereocenters. The van der Waals surface area contributed by atoms with Crippen molar-refractivity contribution in [1.29, 1.82) is 0 Å². The number of aryl methyl sites for hydroxylation is 1. The Morgan fingerprint density at radius 2 is 2.40 bits per heavy atom. The highest BCUT2D eigenvalue weighted by Crippen LogP contribution is 2.22. The van der Waals surface area contributed by atoms with Crippen LogP contribution in [0.25, 0.3) is 0 Å². The average molecular weight is 232 g/mol. The van der Waals surface area contributed by atoms with Crippen LogP contribution in [-0.2, 0) is 11.8 Å². The van der Waals surface area contributed by atoms with Crippen LogP contribution in [0.15, 0.2) is 6.20 Å². The number of nitrogens with one attached hydrogen (secondary N) is 1. The van der Waals surface area contributed by atoms with Crippen LogP contribution in [-0.4, -0.2) is 30.0 Å². The second-order valence-electron chi connectivity index (χ2n) is 3.46. The van der Waals surface area contributed by atoms with Gasteiger partial charge in [0.15, 0.2) is 0 Å². The van der Waals surface area contributed by atoms with Crippen molar-refractivity contribution in [2.75, 3.05) is 20.3 Å². The lowest BCUT2D eigenvalue weighted by Crippen LogP contribution is -2.28. The number of ether oxygens (including phenoxy) is 1. The lowest BCUT2D eigenvalue weighted by Gasteiger charge is -2.18. The van der Waals surface area contributed by atoms with Gasteiger partial charge in [-0.3, -0.25) is 4.68 Å². The molecule has 15 heavy (non-hydrogen) atoms. The Labute approximate surface area is 95.6 Å². The number of nitrogens with zero attached hydrogens (tertiary/aromatic N) is 2. The van der Waals surface area contributed by atoms with Crippen molar-refractivity contribution >= 4 is 11.6 Å². The minimum Gasteiger partial charge on any atom is -0.383 e. The average Bonchev–Trinajstić information content (AvgIpc) is 2.54. The molecule has 0 saturated carbocycles. The number of hydrogen-bond acceptors (Lipinski definition) is 3. The van der Waals surface area contributed by atoms with Gasteiger partial charge >= 0.3 is 0 Å². The van der Waals surface area contributed by atoms with Gasteiger partial charge in [0.25, 0.3) is 0 Å². The standard InChI is InChI=1S/C10H18ClN3O/c1-4-5-12-9(7-15-3)10-8(11)6-13-14(10)2/h6,9,12H,4-5,7H2,1-3H3. The third kappa shape index (κ3) is 3.19. The molecule has 0 bridgehead atoms. The van der Waals surface area contributed by atoms with Crippen molar-refractivity contribution in [2.24, 2.45) is 7.05 Å². The van der Waals surface area contributed by atoms with E-state index in [0.29, 0.717) is 11.6 Å². The van der Waals surface area contributed by atoms with Gasteiger partial charge in [0.1, 0.15) is 0 Å². The van der Waals surface area contributed by atoms with E-state index in [4.69, 9.17) is 16.3 Å². The maximum atomic E-state index is 6.08. The quantitative estimate of drug-likeness (QED) is 0.811. The molecule has 86 valence electrons. The highest BCUT2D eigenvalue weighted by Gasteiger charge is 2.17. The number of hydrogen-bond donors (Lipinski definition) is 1. The van der Waals surface area contributed by atoms with Crippen LogP contribution < -0.4 is 5.32 Å². The van der Waals surface area contributed by atoms with Crippen LogP contribution in [0.3, 0.4) is 0 Å². The first-order valence-corrected chi connectivity index (χ1v) is 5.48. The van der Waals surface area contributed by atoms with Gasteiger partial charge in [-0.15, -0.1) is 0 Å². The van der Waals surface area contributed by atoms with Gasteiger partial charge in [0.2, 0.25) is 0 Å². The Kier molecular flexibility index (Phi) is 5.08. The molecule has 1 aromatic rings.